The first-order valence-corrected chi connectivity index (χ1v) is 8.72. The molecule has 1 aromatic carbocycles. The van der Waals surface area contributed by atoms with E-state index in [1.807, 2.05) is 6.07 Å². The van der Waals surface area contributed by atoms with E-state index in [0.29, 0.717) is 12.2 Å². The lowest BCUT2D eigenvalue weighted by Gasteiger charge is -2.28. The van der Waals surface area contributed by atoms with E-state index in [-0.39, 0.29) is 34.4 Å². The molecular weight excluding hydrogens is 361 g/mol. The molecule has 9 heteroatoms. The molecule has 1 aromatic rings. The zero-order chi connectivity index (χ0) is 16.2. The lowest BCUT2D eigenvalue weighted by Crippen LogP contribution is -2.52. The number of benzene rings is 1. The third kappa shape index (κ3) is 4.80. The number of halogens is 2. The van der Waals surface area contributed by atoms with Gasteiger partial charge >= 0.3 is 0 Å². The van der Waals surface area contributed by atoms with Crippen LogP contribution in [0.5, 0.6) is 0 Å². The van der Waals surface area contributed by atoms with Crippen molar-refractivity contribution in [1.29, 1.82) is 5.26 Å². The van der Waals surface area contributed by atoms with E-state index in [9.17, 15) is 8.42 Å². The van der Waals surface area contributed by atoms with Crippen LogP contribution in [0.1, 0.15) is 18.4 Å². The summed E-state index contributed by atoms with van der Waals surface area (Å²) in [6.45, 7) is 1.48. The number of rotatable bonds is 6. The Bertz CT molecular complexity index is 683. The number of ether oxygens (including phenoxy) is 1. The highest BCUT2D eigenvalue weighted by Gasteiger charge is 2.35. The van der Waals surface area contributed by atoms with Gasteiger partial charge in [0.1, 0.15) is 4.90 Å². The molecule has 0 aliphatic carbocycles. The van der Waals surface area contributed by atoms with Crippen molar-refractivity contribution in [2.45, 2.75) is 23.3 Å². The predicted octanol–water partition coefficient (Wildman–Crippen LogP) is 1.68. The average molecular weight is 380 g/mol. The van der Waals surface area contributed by atoms with Crippen LogP contribution >= 0.6 is 24.0 Å². The fourth-order valence-corrected chi connectivity index (χ4v) is 4.24. The molecule has 1 aliphatic heterocycles. The molecule has 128 valence electrons. The average Bonchev–Trinajstić information content (AvgIpc) is 2.94. The third-order valence-electron chi connectivity index (χ3n) is 3.70. The Kier molecular flexibility index (Phi) is 7.27. The molecule has 2 N–H and O–H groups in total. The fourth-order valence-electron chi connectivity index (χ4n) is 2.57. The standard InChI is InChI=1S/C14H18ClN3O3S.ClH/c1-21-10-14(5-2-6-17-14)9-18-22(19,20)13-4-3-11(8-16)7-12(13)15;/h3-4,7,17-18H,2,5-6,9-10H2,1H3;1H. The molecule has 6 nitrogen and oxygen atoms in total. The van der Waals surface area contributed by atoms with Crippen LogP contribution in [0.3, 0.4) is 0 Å². The Morgan fingerprint density at radius 2 is 2.26 bits per heavy atom. The summed E-state index contributed by atoms with van der Waals surface area (Å²) in [5.41, 5.74) is -0.0711. The third-order valence-corrected chi connectivity index (χ3v) is 5.59. The van der Waals surface area contributed by atoms with Crippen molar-refractivity contribution in [1.82, 2.24) is 10.0 Å². The summed E-state index contributed by atoms with van der Waals surface area (Å²) in [6.07, 6.45) is 1.81. The van der Waals surface area contributed by atoms with Crippen molar-refractivity contribution in [3.8, 4) is 6.07 Å². The Labute approximate surface area is 147 Å². The van der Waals surface area contributed by atoms with Gasteiger partial charge < -0.3 is 10.1 Å². The second-order valence-corrected chi connectivity index (χ2v) is 7.47. The summed E-state index contributed by atoms with van der Waals surface area (Å²) < 4.78 is 32.6. The van der Waals surface area contributed by atoms with Crippen LogP contribution in [0.25, 0.3) is 0 Å². The molecule has 1 fully saturated rings. The van der Waals surface area contributed by atoms with Gasteiger partial charge in [-0.1, -0.05) is 11.6 Å². The van der Waals surface area contributed by atoms with Gasteiger partial charge in [0, 0.05) is 13.7 Å². The quantitative estimate of drug-likeness (QED) is 0.784. The van der Waals surface area contributed by atoms with Gasteiger partial charge in [0.15, 0.2) is 0 Å². The Balaban J connectivity index is 0.00000264. The molecule has 1 heterocycles. The van der Waals surface area contributed by atoms with Crippen LogP contribution in [0.4, 0.5) is 0 Å². The first-order chi connectivity index (χ1) is 10.4. The maximum atomic E-state index is 12.4. The van der Waals surface area contributed by atoms with Gasteiger partial charge in [-0.3, -0.25) is 0 Å². The minimum Gasteiger partial charge on any atom is -0.383 e. The highest BCUT2D eigenvalue weighted by atomic mass is 35.5. The summed E-state index contributed by atoms with van der Waals surface area (Å²) in [6, 6.07) is 6.03. The monoisotopic (exact) mass is 379 g/mol. The number of methoxy groups -OCH3 is 1. The van der Waals surface area contributed by atoms with E-state index >= 15 is 0 Å². The summed E-state index contributed by atoms with van der Waals surface area (Å²) in [7, 11) is -2.16. The Morgan fingerprint density at radius 1 is 1.52 bits per heavy atom. The zero-order valence-corrected chi connectivity index (χ0v) is 15.0. The van der Waals surface area contributed by atoms with Gasteiger partial charge in [0.05, 0.1) is 28.8 Å². The lowest BCUT2D eigenvalue weighted by molar-refractivity contribution is 0.122. The molecule has 0 amide bonds. The highest BCUT2D eigenvalue weighted by Crippen LogP contribution is 2.24. The minimum absolute atomic E-state index is 0. The van der Waals surface area contributed by atoms with Gasteiger partial charge in [-0.15, -0.1) is 12.4 Å². The molecule has 0 bridgehead atoms. The number of hydrogen-bond acceptors (Lipinski definition) is 5. The van der Waals surface area contributed by atoms with Crippen molar-refractivity contribution in [2.75, 3.05) is 26.8 Å². The van der Waals surface area contributed by atoms with Gasteiger partial charge in [-0.25, -0.2) is 13.1 Å². The minimum atomic E-state index is -3.75. The van der Waals surface area contributed by atoms with Crippen molar-refractivity contribution < 1.29 is 13.2 Å². The Hall–Kier alpha value is -0.880. The highest BCUT2D eigenvalue weighted by molar-refractivity contribution is 7.89. The number of nitrogens with zero attached hydrogens (tertiary/aromatic N) is 1. The van der Waals surface area contributed by atoms with Crippen molar-refractivity contribution >= 4 is 34.0 Å². The predicted molar refractivity (Wildman–Crippen MR) is 90.4 cm³/mol. The molecule has 0 spiro atoms. The fraction of sp³-hybridized carbons (Fsp3) is 0.500. The maximum absolute atomic E-state index is 12.4. The lowest BCUT2D eigenvalue weighted by atomic mass is 9.99. The van der Waals surface area contributed by atoms with E-state index < -0.39 is 10.0 Å². The largest absolute Gasteiger partial charge is 0.383 e. The van der Waals surface area contributed by atoms with Gasteiger partial charge in [0.25, 0.3) is 0 Å². The smallest absolute Gasteiger partial charge is 0.242 e. The van der Waals surface area contributed by atoms with E-state index in [0.717, 1.165) is 19.4 Å². The van der Waals surface area contributed by atoms with Gasteiger partial charge in [0.2, 0.25) is 10.0 Å². The van der Waals surface area contributed by atoms with Crippen LogP contribution in [0, 0.1) is 11.3 Å². The number of nitrogens with one attached hydrogen (secondary N) is 2. The van der Waals surface area contributed by atoms with E-state index in [4.69, 9.17) is 21.6 Å². The molecule has 1 saturated heterocycles. The van der Waals surface area contributed by atoms with Crippen LogP contribution < -0.4 is 10.0 Å². The van der Waals surface area contributed by atoms with E-state index in [1.165, 1.54) is 18.2 Å². The number of nitriles is 1. The second kappa shape index (κ2) is 8.29. The molecule has 23 heavy (non-hydrogen) atoms. The SMILES string of the molecule is COCC1(CNS(=O)(=O)c2ccc(C#N)cc2Cl)CCCN1.Cl. The topological polar surface area (TPSA) is 91.2 Å². The molecule has 0 saturated carbocycles. The first kappa shape index (κ1) is 20.2. The van der Waals surface area contributed by atoms with Gasteiger partial charge in [-0.2, -0.15) is 5.26 Å². The number of sulfonamides is 1. The van der Waals surface area contributed by atoms with Crippen LogP contribution in [-0.4, -0.2) is 40.8 Å². The molecule has 0 aromatic heterocycles. The number of hydrogen-bond donors (Lipinski definition) is 2. The summed E-state index contributed by atoms with van der Waals surface area (Å²) in [5, 5.41) is 12.1. The summed E-state index contributed by atoms with van der Waals surface area (Å²) in [4.78, 5) is -0.0290. The maximum Gasteiger partial charge on any atom is 0.242 e. The van der Waals surface area contributed by atoms with Crippen LogP contribution in [0.15, 0.2) is 23.1 Å². The van der Waals surface area contributed by atoms with E-state index in [1.54, 1.807) is 7.11 Å². The van der Waals surface area contributed by atoms with Crippen molar-refractivity contribution in [3.63, 3.8) is 0 Å². The van der Waals surface area contributed by atoms with E-state index in [2.05, 4.69) is 10.0 Å². The van der Waals surface area contributed by atoms with Crippen LogP contribution in [0.2, 0.25) is 5.02 Å². The normalized spacial score (nSPS) is 20.7. The van der Waals surface area contributed by atoms with Crippen molar-refractivity contribution in [2.24, 2.45) is 0 Å². The second-order valence-electron chi connectivity index (χ2n) is 5.33. The van der Waals surface area contributed by atoms with Crippen LogP contribution in [-0.2, 0) is 14.8 Å². The first-order valence-electron chi connectivity index (χ1n) is 6.86. The summed E-state index contributed by atoms with van der Waals surface area (Å²) >= 11 is 5.97. The zero-order valence-electron chi connectivity index (χ0n) is 12.6. The molecule has 1 unspecified atom stereocenters. The Morgan fingerprint density at radius 3 is 2.78 bits per heavy atom. The molecule has 0 radical (unpaired) electrons. The molecule has 1 atom stereocenters. The summed E-state index contributed by atoms with van der Waals surface area (Å²) in [5.74, 6) is 0. The molecular formula is C14H19Cl2N3O3S. The molecule has 2 rings (SSSR count). The van der Waals surface area contributed by atoms with Crippen molar-refractivity contribution in [3.05, 3.63) is 28.8 Å². The molecule has 1 aliphatic rings. The van der Waals surface area contributed by atoms with Gasteiger partial charge in [-0.05, 0) is 37.6 Å².